The molecule has 2 rings (SSSR count). The molecule has 0 N–H and O–H groups in total. The predicted molar refractivity (Wildman–Crippen MR) is 69.5 cm³/mol. The molecule has 98 valence electrons. The summed E-state index contributed by atoms with van der Waals surface area (Å²) >= 11 is 1.33. The molecule has 1 heterocycles. The number of benzene rings is 1. The van der Waals surface area contributed by atoms with E-state index in [1.165, 1.54) is 30.0 Å². The lowest BCUT2D eigenvalue weighted by molar-refractivity contribution is -0.00604. The minimum absolute atomic E-state index is 0.0929. The second kappa shape index (κ2) is 5.26. The number of nitrogens with zero attached hydrogens (tertiary/aromatic N) is 1. The summed E-state index contributed by atoms with van der Waals surface area (Å²) in [4.78, 5) is 5.33. The Hall–Kier alpha value is -1.10. The minimum atomic E-state index is -0.514. The molecular weight excluding hydrogens is 256 g/mol. The third-order valence-corrected chi connectivity index (χ3v) is 4.07. The van der Waals surface area contributed by atoms with Crippen LogP contribution in [0.4, 0.5) is 8.78 Å². The molecule has 1 atom stereocenters. The van der Waals surface area contributed by atoms with Gasteiger partial charge in [0.05, 0.1) is 0 Å². The van der Waals surface area contributed by atoms with Gasteiger partial charge in [-0.15, -0.1) is 11.8 Å². The average molecular weight is 271 g/mol. The molecular formula is C13H15F2NOS. The SMILES string of the molecule is CCC1(C)CC(SCc2c(F)cccc2F)=NO1. The standard InChI is InChI=1S/C13H15F2NOS/c1-3-13(2)7-12(16-17-13)18-8-9-10(14)5-4-6-11(9)15/h4-6H,3,7-8H2,1-2H3. The number of oxime groups is 1. The van der Waals surface area contributed by atoms with Crippen LogP contribution in [-0.4, -0.2) is 10.6 Å². The Kier molecular flexibility index (Phi) is 3.90. The second-order valence-electron chi connectivity index (χ2n) is 4.55. The number of hydrogen-bond donors (Lipinski definition) is 0. The Morgan fingerprint density at radius 3 is 2.61 bits per heavy atom. The van der Waals surface area contributed by atoms with Crippen molar-refractivity contribution in [3.63, 3.8) is 0 Å². The van der Waals surface area contributed by atoms with E-state index in [2.05, 4.69) is 5.16 Å². The Morgan fingerprint density at radius 1 is 1.39 bits per heavy atom. The molecule has 0 aliphatic carbocycles. The molecule has 0 fully saturated rings. The van der Waals surface area contributed by atoms with Crippen molar-refractivity contribution in [2.75, 3.05) is 0 Å². The van der Waals surface area contributed by atoms with Gasteiger partial charge in [0.1, 0.15) is 22.3 Å². The Bertz CT molecular complexity index is 458. The predicted octanol–water partition coefficient (Wildman–Crippen LogP) is 4.10. The highest BCUT2D eigenvalue weighted by Crippen LogP contribution is 2.32. The number of thioether (sulfide) groups is 1. The van der Waals surface area contributed by atoms with Crippen LogP contribution in [0.1, 0.15) is 32.3 Å². The van der Waals surface area contributed by atoms with E-state index in [0.717, 1.165) is 11.5 Å². The first-order valence-electron chi connectivity index (χ1n) is 5.85. The first kappa shape index (κ1) is 13.3. The van der Waals surface area contributed by atoms with Crippen molar-refractivity contribution in [3.8, 4) is 0 Å². The van der Waals surface area contributed by atoms with Gasteiger partial charge in [0.2, 0.25) is 0 Å². The maximum absolute atomic E-state index is 13.4. The summed E-state index contributed by atoms with van der Waals surface area (Å²) in [6.45, 7) is 4.01. The molecule has 0 bridgehead atoms. The fourth-order valence-corrected chi connectivity index (χ4v) is 2.72. The molecule has 1 aromatic rings. The lowest BCUT2D eigenvalue weighted by Gasteiger charge is -2.18. The molecule has 5 heteroatoms. The van der Waals surface area contributed by atoms with Crippen LogP contribution in [0, 0.1) is 11.6 Å². The first-order valence-corrected chi connectivity index (χ1v) is 6.83. The van der Waals surface area contributed by atoms with Gasteiger partial charge in [-0.2, -0.15) is 0 Å². The fraction of sp³-hybridized carbons (Fsp3) is 0.462. The zero-order valence-electron chi connectivity index (χ0n) is 10.4. The molecule has 0 spiro atoms. The van der Waals surface area contributed by atoms with E-state index in [1.807, 2.05) is 13.8 Å². The van der Waals surface area contributed by atoms with Gasteiger partial charge in [0.15, 0.2) is 0 Å². The second-order valence-corrected chi connectivity index (χ2v) is 5.59. The van der Waals surface area contributed by atoms with Crippen LogP contribution in [0.15, 0.2) is 23.4 Å². The van der Waals surface area contributed by atoms with Crippen LogP contribution in [0.2, 0.25) is 0 Å². The quantitative estimate of drug-likeness (QED) is 0.825. The highest BCUT2D eigenvalue weighted by Gasteiger charge is 2.32. The zero-order valence-corrected chi connectivity index (χ0v) is 11.2. The summed E-state index contributed by atoms with van der Waals surface area (Å²) in [7, 11) is 0. The van der Waals surface area contributed by atoms with Gasteiger partial charge >= 0.3 is 0 Å². The van der Waals surface area contributed by atoms with Crippen LogP contribution in [0.3, 0.4) is 0 Å². The molecule has 0 saturated carbocycles. The monoisotopic (exact) mass is 271 g/mol. The first-order chi connectivity index (χ1) is 8.54. The van der Waals surface area contributed by atoms with Gasteiger partial charge in [-0.25, -0.2) is 8.78 Å². The van der Waals surface area contributed by atoms with Gasteiger partial charge in [-0.1, -0.05) is 18.1 Å². The van der Waals surface area contributed by atoms with Crippen molar-refractivity contribution in [2.24, 2.45) is 5.16 Å². The normalized spacial score (nSPS) is 22.8. The smallest absolute Gasteiger partial charge is 0.140 e. The summed E-state index contributed by atoms with van der Waals surface area (Å²) in [6.07, 6.45) is 1.55. The van der Waals surface area contributed by atoms with Crippen molar-refractivity contribution >= 4 is 16.8 Å². The Morgan fingerprint density at radius 2 is 2.06 bits per heavy atom. The van der Waals surface area contributed by atoms with E-state index < -0.39 is 11.6 Å². The minimum Gasteiger partial charge on any atom is -0.388 e. The lowest BCUT2D eigenvalue weighted by Crippen LogP contribution is -2.22. The molecule has 0 aromatic heterocycles. The van der Waals surface area contributed by atoms with Crippen molar-refractivity contribution < 1.29 is 13.6 Å². The highest BCUT2D eigenvalue weighted by molar-refractivity contribution is 8.13. The number of rotatable bonds is 3. The van der Waals surface area contributed by atoms with Gasteiger partial charge in [-0.3, -0.25) is 0 Å². The van der Waals surface area contributed by atoms with E-state index >= 15 is 0 Å². The topological polar surface area (TPSA) is 21.6 Å². The number of hydrogen-bond acceptors (Lipinski definition) is 3. The molecule has 18 heavy (non-hydrogen) atoms. The van der Waals surface area contributed by atoms with E-state index in [9.17, 15) is 8.78 Å². The average Bonchev–Trinajstić information content (AvgIpc) is 2.72. The molecule has 2 nitrogen and oxygen atoms in total. The molecule has 1 aromatic carbocycles. The maximum atomic E-state index is 13.4. The maximum Gasteiger partial charge on any atom is 0.140 e. The largest absolute Gasteiger partial charge is 0.388 e. The fourth-order valence-electron chi connectivity index (χ4n) is 1.64. The number of halogens is 2. The molecule has 0 saturated heterocycles. The van der Waals surface area contributed by atoms with Crippen molar-refractivity contribution in [1.82, 2.24) is 0 Å². The van der Waals surface area contributed by atoms with Crippen molar-refractivity contribution in [3.05, 3.63) is 35.4 Å². The third kappa shape index (κ3) is 2.83. The highest BCUT2D eigenvalue weighted by atomic mass is 32.2. The molecule has 1 unspecified atom stereocenters. The third-order valence-electron chi connectivity index (χ3n) is 3.09. The molecule has 0 amide bonds. The van der Waals surface area contributed by atoms with Crippen LogP contribution in [-0.2, 0) is 10.6 Å². The Balaban J connectivity index is 1.97. The summed E-state index contributed by atoms with van der Waals surface area (Å²) < 4.78 is 26.8. The van der Waals surface area contributed by atoms with Crippen molar-refractivity contribution in [2.45, 2.75) is 38.0 Å². The summed E-state index contributed by atoms with van der Waals surface area (Å²) in [6, 6.07) is 3.90. The molecule has 0 radical (unpaired) electrons. The molecule has 1 aliphatic heterocycles. The van der Waals surface area contributed by atoms with Gasteiger partial charge in [0, 0.05) is 17.7 Å². The van der Waals surface area contributed by atoms with Crippen molar-refractivity contribution in [1.29, 1.82) is 0 Å². The van der Waals surface area contributed by atoms with Crippen LogP contribution >= 0.6 is 11.8 Å². The molecule has 1 aliphatic rings. The van der Waals surface area contributed by atoms with E-state index in [4.69, 9.17) is 4.84 Å². The van der Waals surface area contributed by atoms with Crippen LogP contribution in [0.25, 0.3) is 0 Å². The van der Waals surface area contributed by atoms with E-state index in [0.29, 0.717) is 6.42 Å². The lowest BCUT2D eigenvalue weighted by atomic mass is 10.0. The summed E-state index contributed by atoms with van der Waals surface area (Å²) in [5.41, 5.74) is -0.175. The Labute approximate surface area is 109 Å². The van der Waals surface area contributed by atoms with Gasteiger partial charge < -0.3 is 4.84 Å². The van der Waals surface area contributed by atoms with Gasteiger partial charge in [-0.05, 0) is 25.5 Å². The summed E-state index contributed by atoms with van der Waals surface area (Å²) in [5, 5.41) is 4.76. The zero-order chi connectivity index (χ0) is 13.2. The van der Waals surface area contributed by atoms with Crippen LogP contribution in [0.5, 0.6) is 0 Å². The van der Waals surface area contributed by atoms with Crippen LogP contribution < -0.4 is 0 Å². The van der Waals surface area contributed by atoms with E-state index in [1.54, 1.807) is 0 Å². The summed E-state index contributed by atoms with van der Waals surface area (Å²) in [5.74, 6) is -0.791. The van der Waals surface area contributed by atoms with Gasteiger partial charge in [0.25, 0.3) is 0 Å². The van der Waals surface area contributed by atoms with E-state index in [-0.39, 0.29) is 16.9 Å².